The van der Waals surface area contributed by atoms with Crippen LogP contribution in [0.25, 0.3) is 11.5 Å². The second kappa shape index (κ2) is 7.43. The molecule has 0 saturated carbocycles. The zero-order valence-corrected chi connectivity index (χ0v) is 15.9. The van der Waals surface area contributed by atoms with E-state index in [1.807, 2.05) is 32.9 Å². The molecular weight excluding hydrogens is 344 g/mol. The Morgan fingerprint density at radius 3 is 2.67 bits per heavy atom. The highest BCUT2D eigenvalue weighted by atomic mass is 16.5. The van der Waals surface area contributed by atoms with Gasteiger partial charge in [0.05, 0.1) is 6.54 Å². The van der Waals surface area contributed by atoms with Crippen LogP contribution in [-0.2, 0) is 6.54 Å². The number of rotatable bonds is 5. The molecule has 4 rings (SSSR count). The predicted molar refractivity (Wildman–Crippen MR) is 100 cm³/mol. The predicted octanol–water partition coefficient (Wildman–Crippen LogP) is 2.00. The van der Waals surface area contributed by atoms with Gasteiger partial charge in [-0.2, -0.15) is 10.1 Å². The van der Waals surface area contributed by atoms with E-state index >= 15 is 0 Å². The number of H-pyrrole nitrogens is 1. The van der Waals surface area contributed by atoms with Crippen LogP contribution in [-0.4, -0.2) is 61.4 Å². The Hall–Kier alpha value is -2.81. The average molecular weight is 368 g/mol. The van der Waals surface area contributed by atoms with Gasteiger partial charge in [-0.25, -0.2) is 9.97 Å². The summed E-state index contributed by atoms with van der Waals surface area (Å²) in [5.74, 6) is 4.14. The first kappa shape index (κ1) is 17.6. The maximum absolute atomic E-state index is 5.41. The fourth-order valence-corrected chi connectivity index (χ4v) is 3.11. The summed E-state index contributed by atoms with van der Waals surface area (Å²) in [5.41, 5.74) is 0.901. The lowest BCUT2D eigenvalue weighted by Gasteiger charge is -2.34. The number of anilines is 1. The number of aromatic nitrogens is 6. The monoisotopic (exact) mass is 368 g/mol. The van der Waals surface area contributed by atoms with Crippen molar-refractivity contribution in [3.8, 4) is 11.5 Å². The van der Waals surface area contributed by atoms with Crippen LogP contribution in [0, 0.1) is 6.92 Å². The molecule has 4 heterocycles. The molecule has 9 heteroatoms. The summed E-state index contributed by atoms with van der Waals surface area (Å²) in [6.45, 7) is 10.5. The fraction of sp³-hybridized carbons (Fsp3) is 0.500. The Kier molecular flexibility index (Phi) is 4.85. The fourth-order valence-electron chi connectivity index (χ4n) is 3.11. The van der Waals surface area contributed by atoms with E-state index in [-0.39, 0.29) is 5.92 Å². The van der Waals surface area contributed by atoms with Crippen LogP contribution in [0.1, 0.15) is 37.2 Å². The molecule has 27 heavy (non-hydrogen) atoms. The van der Waals surface area contributed by atoms with E-state index in [1.54, 1.807) is 6.20 Å². The first-order valence-corrected chi connectivity index (χ1v) is 9.23. The van der Waals surface area contributed by atoms with E-state index in [0.29, 0.717) is 5.89 Å². The summed E-state index contributed by atoms with van der Waals surface area (Å²) in [6, 6.07) is 3.93. The molecule has 1 saturated heterocycles. The third-order valence-electron chi connectivity index (χ3n) is 4.66. The minimum Gasteiger partial charge on any atom is -0.354 e. The van der Waals surface area contributed by atoms with Crippen LogP contribution in [0.15, 0.2) is 22.9 Å². The summed E-state index contributed by atoms with van der Waals surface area (Å²) >= 11 is 0. The van der Waals surface area contributed by atoms with Gasteiger partial charge in [-0.3, -0.25) is 10.00 Å². The van der Waals surface area contributed by atoms with Crippen LogP contribution in [0.3, 0.4) is 0 Å². The Morgan fingerprint density at radius 2 is 2.00 bits per heavy atom. The van der Waals surface area contributed by atoms with Crippen molar-refractivity contribution in [3.05, 3.63) is 35.8 Å². The second-order valence-corrected chi connectivity index (χ2v) is 7.12. The summed E-state index contributed by atoms with van der Waals surface area (Å²) in [6.07, 6.45) is 1.80. The maximum Gasteiger partial charge on any atom is 0.258 e. The minimum atomic E-state index is 0.240. The number of nitrogens with one attached hydrogen (secondary N) is 1. The molecule has 0 unspecified atom stereocenters. The number of aryl methyl sites for hydroxylation is 1. The third kappa shape index (κ3) is 3.97. The highest BCUT2D eigenvalue weighted by Crippen LogP contribution is 2.24. The smallest absolute Gasteiger partial charge is 0.258 e. The van der Waals surface area contributed by atoms with Crippen molar-refractivity contribution in [1.82, 2.24) is 35.2 Å². The molecule has 3 aromatic rings. The standard InChI is InChI=1S/C18H24N8O/c1-12(2)17-21-18(27-24-17)14-4-5-19-16(10-14)26-8-6-25(7-9-26)11-15-20-13(3)22-23-15/h4-5,10,12H,6-9,11H2,1-3H3,(H,20,22,23). The maximum atomic E-state index is 5.41. The molecule has 1 fully saturated rings. The Morgan fingerprint density at radius 1 is 1.19 bits per heavy atom. The Labute approximate surface area is 157 Å². The number of pyridine rings is 1. The van der Waals surface area contributed by atoms with Crippen molar-refractivity contribution >= 4 is 5.82 Å². The largest absolute Gasteiger partial charge is 0.354 e. The summed E-state index contributed by atoms with van der Waals surface area (Å²) in [4.78, 5) is 18.0. The quantitative estimate of drug-likeness (QED) is 0.730. The van der Waals surface area contributed by atoms with E-state index in [4.69, 9.17) is 4.52 Å². The number of hydrogen-bond acceptors (Lipinski definition) is 8. The first-order valence-electron chi connectivity index (χ1n) is 9.23. The van der Waals surface area contributed by atoms with E-state index in [2.05, 4.69) is 40.1 Å². The highest BCUT2D eigenvalue weighted by molar-refractivity contribution is 5.58. The van der Waals surface area contributed by atoms with Crippen molar-refractivity contribution < 1.29 is 4.52 Å². The molecule has 1 N–H and O–H groups in total. The number of nitrogens with zero attached hydrogens (tertiary/aromatic N) is 7. The van der Waals surface area contributed by atoms with Crippen molar-refractivity contribution in [2.75, 3.05) is 31.1 Å². The molecule has 142 valence electrons. The van der Waals surface area contributed by atoms with Gasteiger partial charge >= 0.3 is 0 Å². The molecule has 1 aliphatic rings. The van der Waals surface area contributed by atoms with Crippen LogP contribution < -0.4 is 4.90 Å². The zero-order valence-electron chi connectivity index (χ0n) is 15.9. The molecule has 0 amide bonds. The normalized spacial score (nSPS) is 15.6. The Bertz CT molecular complexity index is 894. The number of hydrogen-bond donors (Lipinski definition) is 1. The Balaban J connectivity index is 1.41. The van der Waals surface area contributed by atoms with Gasteiger partial charge in [-0.1, -0.05) is 19.0 Å². The van der Waals surface area contributed by atoms with Gasteiger partial charge in [0.1, 0.15) is 11.6 Å². The van der Waals surface area contributed by atoms with Gasteiger partial charge in [-0.05, 0) is 19.1 Å². The molecule has 0 spiro atoms. The average Bonchev–Trinajstić information content (AvgIpc) is 3.32. The van der Waals surface area contributed by atoms with Gasteiger partial charge in [0, 0.05) is 43.9 Å². The molecule has 0 aromatic carbocycles. The van der Waals surface area contributed by atoms with E-state index in [1.165, 1.54) is 0 Å². The van der Waals surface area contributed by atoms with Gasteiger partial charge in [0.15, 0.2) is 11.6 Å². The van der Waals surface area contributed by atoms with Gasteiger partial charge in [-0.15, -0.1) is 0 Å². The third-order valence-corrected chi connectivity index (χ3v) is 4.66. The lowest BCUT2D eigenvalue weighted by atomic mass is 10.2. The number of aromatic amines is 1. The van der Waals surface area contributed by atoms with Gasteiger partial charge in [0.2, 0.25) is 0 Å². The summed E-state index contributed by atoms with van der Waals surface area (Å²) in [5, 5.41) is 11.2. The molecule has 3 aromatic heterocycles. The van der Waals surface area contributed by atoms with Gasteiger partial charge in [0.25, 0.3) is 5.89 Å². The lowest BCUT2D eigenvalue weighted by Crippen LogP contribution is -2.46. The highest BCUT2D eigenvalue weighted by Gasteiger charge is 2.20. The van der Waals surface area contributed by atoms with Crippen molar-refractivity contribution in [2.45, 2.75) is 33.2 Å². The van der Waals surface area contributed by atoms with Crippen LogP contribution >= 0.6 is 0 Å². The van der Waals surface area contributed by atoms with E-state index in [9.17, 15) is 0 Å². The molecule has 9 nitrogen and oxygen atoms in total. The molecule has 1 aliphatic heterocycles. The number of piperazine rings is 1. The SMILES string of the molecule is Cc1nc(CN2CCN(c3cc(-c4nc(C(C)C)no4)ccn3)CC2)n[nH]1. The molecule has 0 radical (unpaired) electrons. The summed E-state index contributed by atoms with van der Waals surface area (Å²) in [7, 11) is 0. The van der Waals surface area contributed by atoms with Crippen LogP contribution in [0.5, 0.6) is 0 Å². The first-order chi connectivity index (χ1) is 13.1. The molecule has 0 atom stereocenters. The molecule has 0 bridgehead atoms. The van der Waals surface area contributed by atoms with Gasteiger partial charge < -0.3 is 9.42 Å². The molecular formula is C18H24N8O. The van der Waals surface area contributed by atoms with Crippen molar-refractivity contribution in [3.63, 3.8) is 0 Å². The van der Waals surface area contributed by atoms with Crippen molar-refractivity contribution in [2.24, 2.45) is 0 Å². The topological polar surface area (TPSA) is 99.9 Å². The summed E-state index contributed by atoms with van der Waals surface area (Å²) < 4.78 is 5.41. The second-order valence-electron chi connectivity index (χ2n) is 7.12. The van der Waals surface area contributed by atoms with E-state index in [0.717, 1.165) is 61.6 Å². The van der Waals surface area contributed by atoms with Crippen molar-refractivity contribution in [1.29, 1.82) is 0 Å². The van der Waals surface area contributed by atoms with E-state index < -0.39 is 0 Å². The molecule has 0 aliphatic carbocycles. The minimum absolute atomic E-state index is 0.240. The van der Waals surface area contributed by atoms with Crippen LogP contribution in [0.4, 0.5) is 5.82 Å². The lowest BCUT2D eigenvalue weighted by molar-refractivity contribution is 0.244. The van der Waals surface area contributed by atoms with Crippen LogP contribution in [0.2, 0.25) is 0 Å². The zero-order chi connectivity index (χ0) is 18.8.